The Bertz CT molecular complexity index is 1260. The van der Waals surface area contributed by atoms with Crippen LogP contribution in [0, 0.1) is 6.92 Å². The van der Waals surface area contributed by atoms with Gasteiger partial charge in [-0.2, -0.15) is 0 Å². The number of hydrogen-bond acceptors (Lipinski definition) is 6. The quantitative estimate of drug-likeness (QED) is 0.337. The Balaban J connectivity index is 1.53. The molecule has 0 unspecified atom stereocenters. The highest BCUT2D eigenvalue weighted by atomic mass is 35.5. The average Bonchev–Trinajstić information content (AvgIpc) is 3.13. The highest BCUT2D eigenvalue weighted by Gasteiger charge is 2.30. The van der Waals surface area contributed by atoms with Gasteiger partial charge in [0.05, 0.1) is 19.8 Å². The van der Waals surface area contributed by atoms with E-state index in [0.717, 1.165) is 5.56 Å². The molecular weight excluding hydrogens is 444 g/mol. The summed E-state index contributed by atoms with van der Waals surface area (Å²) in [7, 11) is 3.10. The van der Waals surface area contributed by atoms with E-state index in [9.17, 15) is 9.59 Å². The summed E-state index contributed by atoms with van der Waals surface area (Å²) in [6.07, 6.45) is 1.65. The van der Waals surface area contributed by atoms with Crippen molar-refractivity contribution in [1.82, 2.24) is 0 Å². The van der Waals surface area contributed by atoms with Gasteiger partial charge in [-0.1, -0.05) is 17.7 Å². The molecule has 0 saturated heterocycles. The molecule has 3 aromatic rings. The molecular formula is C26H21ClO6. The number of Topliss-reactive ketones (excluding diaryl/α,β-unsaturated/α-hetero) is 2. The number of ketones is 2. The topological polar surface area (TPSA) is 71.1 Å². The molecule has 0 spiro atoms. The van der Waals surface area contributed by atoms with E-state index < -0.39 is 0 Å². The third kappa shape index (κ3) is 4.71. The van der Waals surface area contributed by atoms with E-state index in [1.54, 1.807) is 81.8 Å². The number of carbonyl (C=O) groups is 2. The number of halogens is 1. The normalized spacial score (nSPS) is 13.5. The van der Waals surface area contributed by atoms with Gasteiger partial charge in [-0.05, 0) is 66.6 Å². The van der Waals surface area contributed by atoms with Gasteiger partial charge in [-0.15, -0.1) is 0 Å². The zero-order valence-corrected chi connectivity index (χ0v) is 19.1. The van der Waals surface area contributed by atoms with E-state index >= 15 is 0 Å². The molecule has 0 N–H and O–H groups in total. The molecule has 0 fully saturated rings. The molecule has 7 heteroatoms. The minimum absolute atomic E-state index is 0.151. The maximum atomic E-state index is 12.9. The van der Waals surface area contributed by atoms with Crippen LogP contribution in [-0.2, 0) is 0 Å². The summed E-state index contributed by atoms with van der Waals surface area (Å²) >= 11 is 5.86. The summed E-state index contributed by atoms with van der Waals surface area (Å²) in [5, 5.41) is 0.556. The van der Waals surface area contributed by atoms with E-state index in [1.807, 2.05) is 0 Å². The highest BCUT2D eigenvalue weighted by Crippen LogP contribution is 2.38. The summed E-state index contributed by atoms with van der Waals surface area (Å²) in [6, 6.07) is 15.3. The van der Waals surface area contributed by atoms with E-state index in [0.29, 0.717) is 44.7 Å². The minimum Gasteiger partial charge on any atom is -0.493 e. The van der Waals surface area contributed by atoms with E-state index in [2.05, 4.69) is 0 Å². The SMILES string of the molecule is COc1ccc(/C=C2\Oc3cc(OCC(=O)c4ccc(Cl)cc4)cc(C)c3C2=O)cc1OC. The van der Waals surface area contributed by atoms with Crippen LogP contribution in [0.3, 0.4) is 0 Å². The number of allylic oxidation sites excluding steroid dienone is 1. The van der Waals surface area contributed by atoms with E-state index in [4.69, 9.17) is 30.5 Å². The van der Waals surface area contributed by atoms with Gasteiger partial charge in [0, 0.05) is 16.7 Å². The number of hydrogen-bond donors (Lipinski definition) is 0. The molecule has 0 radical (unpaired) electrons. The predicted octanol–water partition coefficient (Wildman–Crippen LogP) is 5.54. The minimum atomic E-state index is -0.221. The van der Waals surface area contributed by atoms with Crippen molar-refractivity contribution in [3.8, 4) is 23.0 Å². The molecule has 0 bridgehead atoms. The van der Waals surface area contributed by atoms with Crippen LogP contribution in [0.25, 0.3) is 6.08 Å². The lowest BCUT2D eigenvalue weighted by Gasteiger charge is -2.09. The monoisotopic (exact) mass is 464 g/mol. The fraction of sp³-hybridized carbons (Fsp3) is 0.154. The van der Waals surface area contributed by atoms with Crippen LogP contribution in [0.15, 0.2) is 60.4 Å². The molecule has 6 nitrogen and oxygen atoms in total. The number of fused-ring (bicyclic) bond motifs is 1. The number of benzene rings is 3. The van der Waals surface area contributed by atoms with Crippen LogP contribution in [0.2, 0.25) is 5.02 Å². The first-order chi connectivity index (χ1) is 15.9. The largest absolute Gasteiger partial charge is 0.493 e. The van der Waals surface area contributed by atoms with Crippen molar-refractivity contribution >= 4 is 29.2 Å². The Morgan fingerprint density at radius 1 is 1.00 bits per heavy atom. The molecule has 168 valence electrons. The molecule has 4 rings (SSSR count). The van der Waals surface area contributed by atoms with Crippen molar-refractivity contribution in [2.45, 2.75) is 6.92 Å². The second-order valence-corrected chi connectivity index (χ2v) is 7.82. The Morgan fingerprint density at radius 3 is 2.42 bits per heavy atom. The first-order valence-corrected chi connectivity index (χ1v) is 10.5. The Morgan fingerprint density at radius 2 is 1.73 bits per heavy atom. The van der Waals surface area contributed by atoms with Crippen LogP contribution < -0.4 is 18.9 Å². The van der Waals surface area contributed by atoms with Crippen LogP contribution in [0.5, 0.6) is 23.0 Å². The molecule has 0 saturated carbocycles. The van der Waals surface area contributed by atoms with Crippen molar-refractivity contribution < 1.29 is 28.5 Å². The maximum Gasteiger partial charge on any atom is 0.232 e. The summed E-state index contributed by atoms with van der Waals surface area (Å²) in [5.41, 5.74) is 2.40. The summed E-state index contributed by atoms with van der Waals surface area (Å²) in [4.78, 5) is 25.3. The summed E-state index contributed by atoms with van der Waals surface area (Å²) in [6.45, 7) is 1.65. The van der Waals surface area contributed by atoms with Crippen molar-refractivity contribution in [3.63, 3.8) is 0 Å². The van der Waals surface area contributed by atoms with Crippen molar-refractivity contribution in [3.05, 3.63) is 87.6 Å². The number of ether oxygens (including phenoxy) is 4. The van der Waals surface area contributed by atoms with Gasteiger partial charge in [0.1, 0.15) is 11.5 Å². The van der Waals surface area contributed by atoms with Gasteiger partial charge < -0.3 is 18.9 Å². The van der Waals surface area contributed by atoms with Gasteiger partial charge in [0.2, 0.25) is 5.78 Å². The number of methoxy groups -OCH3 is 2. The zero-order chi connectivity index (χ0) is 23.5. The molecule has 0 atom stereocenters. The van der Waals surface area contributed by atoms with Crippen molar-refractivity contribution in [2.75, 3.05) is 20.8 Å². The fourth-order valence-electron chi connectivity index (χ4n) is 3.52. The lowest BCUT2D eigenvalue weighted by Crippen LogP contribution is -2.11. The smallest absolute Gasteiger partial charge is 0.232 e. The van der Waals surface area contributed by atoms with Crippen LogP contribution >= 0.6 is 11.6 Å². The van der Waals surface area contributed by atoms with Gasteiger partial charge in [0.15, 0.2) is 29.6 Å². The van der Waals surface area contributed by atoms with E-state index in [1.165, 1.54) is 0 Å². The van der Waals surface area contributed by atoms with Crippen LogP contribution in [-0.4, -0.2) is 32.4 Å². The zero-order valence-electron chi connectivity index (χ0n) is 18.3. The first-order valence-electron chi connectivity index (χ1n) is 10.1. The standard InChI is InChI=1S/C26H21ClO6/c1-15-10-19(32-14-20(28)17-5-7-18(27)8-6-17)13-23-25(15)26(29)24(33-23)12-16-4-9-21(30-2)22(11-16)31-3/h4-13H,14H2,1-3H3/b24-12-. The molecule has 1 aliphatic heterocycles. The second-order valence-electron chi connectivity index (χ2n) is 7.39. The van der Waals surface area contributed by atoms with Gasteiger partial charge in [-0.25, -0.2) is 0 Å². The fourth-order valence-corrected chi connectivity index (χ4v) is 3.65. The second kappa shape index (κ2) is 9.38. The summed E-state index contributed by atoms with van der Waals surface area (Å²) in [5.74, 6) is 1.75. The molecule has 3 aromatic carbocycles. The number of aryl methyl sites for hydroxylation is 1. The maximum absolute atomic E-state index is 12.9. The lowest BCUT2D eigenvalue weighted by atomic mass is 10.0. The van der Waals surface area contributed by atoms with Crippen molar-refractivity contribution in [2.24, 2.45) is 0 Å². The Labute approximate surface area is 196 Å². The van der Waals surface area contributed by atoms with E-state index in [-0.39, 0.29) is 23.9 Å². The highest BCUT2D eigenvalue weighted by molar-refractivity contribution is 6.30. The Hall–Kier alpha value is -3.77. The van der Waals surface area contributed by atoms with Gasteiger partial charge >= 0.3 is 0 Å². The molecule has 0 aliphatic carbocycles. The summed E-state index contributed by atoms with van der Waals surface area (Å²) < 4.78 is 22.1. The van der Waals surface area contributed by atoms with Crippen LogP contribution in [0.4, 0.5) is 0 Å². The van der Waals surface area contributed by atoms with Gasteiger partial charge in [-0.3, -0.25) is 9.59 Å². The molecule has 0 aromatic heterocycles. The Kier molecular flexibility index (Phi) is 6.38. The third-order valence-corrected chi connectivity index (χ3v) is 5.44. The molecule has 0 amide bonds. The van der Waals surface area contributed by atoms with Crippen LogP contribution in [0.1, 0.15) is 31.8 Å². The third-order valence-electron chi connectivity index (χ3n) is 5.19. The molecule has 1 aliphatic rings. The first kappa shape index (κ1) is 22.4. The van der Waals surface area contributed by atoms with Gasteiger partial charge in [0.25, 0.3) is 0 Å². The number of rotatable bonds is 7. The predicted molar refractivity (Wildman–Crippen MR) is 125 cm³/mol. The molecule has 33 heavy (non-hydrogen) atoms. The lowest BCUT2D eigenvalue weighted by molar-refractivity contribution is 0.0920. The molecule has 1 heterocycles. The number of carbonyl (C=O) groups excluding carboxylic acids is 2. The van der Waals surface area contributed by atoms with Crippen molar-refractivity contribution in [1.29, 1.82) is 0 Å². The average molecular weight is 465 g/mol.